The van der Waals surface area contributed by atoms with Gasteiger partial charge in [0.2, 0.25) is 11.8 Å². The van der Waals surface area contributed by atoms with E-state index in [1.807, 2.05) is 20.8 Å². The van der Waals surface area contributed by atoms with Crippen LogP contribution in [0.15, 0.2) is 24.3 Å². The average Bonchev–Trinajstić information content (AvgIpc) is 2.64. The molecule has 0 aliphatic carbocycles. The number of aromatic hydroxyl groups is 1. The average molecular weight is 436 g/mol. The quantitative estimate of drug-likeness (QED) is 0.488. The molecule has 3 N–H and O–H groups in total. The Bertz CT molecular complexity index is 743. The minimum Gasteiger partial charge on any atom is -0.508 e. The second kappa shape index (κ2) is 12.2. The maximum absolute atomic E-state index is 13.1. The lowest BCUT2D eigenvalue weighted by Crippen LogP contribution is -2.49. The third kappa shape index (κ3) is 9.27. The molecule has 1 rings (SSSR count). The molecule has 0 saturated heterocycles. The highest BCUT2D eigenvalue weighted by Crippen LogP contribution is 2.29. The molecule has 0 radical (unpaired) electrons. The molecule has 0 fully saturated rings. The summed E-state index contributed by atoms with van der Waals surface area (Å²) < 4.78 is 5.19. The van der Waals surface area contributed by atoms with Crippen LogP contribution in [-0.4, -0.2) is 52.6 Å². The Labute approximate surface area is 185 Å². The van der Waals surface area contributed by atoms with E-state index in [0.717, 1.165) is 12.8 Å². The van der Waals surface area contributed by atoms with Crippen molar-refractivity contribution in [1.82, 2.24) is 15.5 Å². The van der Waals surface area contributed by atoms with Crippen molar-refractivity contribution in [3.05, 3.63) is 29.8 Å². The second-order valence-corrected chi connectivity index (χ2v) is 8.77. The third-order valence-corrected chi connectivity index (χ3v) is 4.33. The zero-order valence-corrected chi connectivity index (χ0v) is 19.5. The van der Waals surface area contributed by atoms with E-state index in [1.165, 1.54) is 11.0 Å². The summed E-state index contributed by atoms with van der Waals surface area (Å²) in [6.45, 7) is 10.9. The van der Waals surface area contributed by atoms with Crippen molar-refractivity contribution in [3.8, 4) is 5.75 Å². The number of amides is 3. The van der Waals surface area contributed by atoms with E-state index in [0.29, 0.717) is 18.5 Å². The van der Waals surface area contributed by atoms with Crippen LogP contribution in [0.5, 0.6) is 5.75 Å². The number of unbranched alkanes of at least 4 members (excludes halogenated alkanes) is 2. The maximum Gasteiger partial charge on any atom is 0.408 e. The Morgan fingerprint density at radius 1 is 1.13 bits per heavy atom. The largest absolute Gasteiger partial charge is 0.508 e. The van der Waals surface area contributed by atoms with E-state index in [9.17, 15) is 19.5 Å². The van der Waals surface area contributed by atoms with Crippen LogP contribution in [0.3, 0.4) is 0 Å². The molecular formula is C23H37N3O5. The summed E-state index contributed by atoms with van der Waals surface area (Å²) in [5.74, 6) is -0.896. The number of phenols is 1. The minimum absolute atomic E-state index is 0.0696. The zero-order chi connectivity index (χ0) is 23.6. The van der Waals surface area contributed by atoms with Crippen molar-refractivity contribution in [2.75, 3.05) is 13.1 Å². The number of alkyl carbamates (subject to hydrolysis) is 1. The Morgan fingerprint density at radius 3 is 2.32 bits per heavy atom. The van der Waals surface area contributed by atoms with Gasteiger partial charge in [0, 0.05) is 18.2 Å². The molecule has 0 bridgehead atoms. The molecule has 0 aliphatic heterocycles. The number of phenolic OH excluding ortho intramolecular Hbond substituents is 1. The van der Waals surface area contributed by atoms with E-state index in [1.54, 1.807) is 39.0 Å². The number of carbonyl (C=O) groups is 3. The number of hydrogen-bond donors (Lipinski definition) is 3. The third-order valence-electron chi connectivity index (χ3n) is 4.33. The molecule has 1 aromatic carbocycles. The lowest BCUT2D eigenvalue weighted by Gasteiger charge is -2.32. The highest BCUT2D eigenvalue weighted by molar-refractivity contribution is 5.91. The first-order valence-corrected chi connectivity index (χ1v) is 10.8. The summed E-state index contributed by atoms with van der Waals surface area (Å²) in [5, 5.41) is 15.7. The van der Waals surface area contributed by atoms with Gasteiger partial charge in [-0.1, -0.05) is 38.0 Å². The summed E-state index contributed by atoms with van der Waals surface area (Å²) in [5.41, 5.74) is -0.355. The topological polar surface area (TPSA) is 108 Å². The van der Waals surface area contributed by atoms with Gasteiger partial charge in [-0.15, -0.1) is 0 Å². The van der Waals surface area contributed by atoms with Gasteiger partial charge in [0.25, 0.3) is 0 Å². The van der Waals surface area contributed by atoms with Crippen LogP contribution in [0.2, 0.25) is 0 Å². The fourth-order valence-corrected chi connectivity index (χ4v) is 3.03. The van der Waals surface area contributed by atoms with Gasteiger partial charge < -0.3 is 25.4 Å². The van der Waals surface area contributed by atoms with Crippen LogP contribution < -0.4 is 10.6 Å². The number of carbonyl (C=O) groups excluding carboxylic acids is 3. The van der Waals surface area contributed by atoms with Crippen molar-refractivity contribution in [2.45, 2.75) is 78.5 Å². The number of para-hydroxylation sites is 1. The molecule has 8 nitrogen and oxygen atoms in total. The Morgan fingerprint density at radius 2 is 1.77 bits per heavy atom. The summed E-state index contributed by atoms with van der Waals surface area (Å²) in [6, 6.07) is 5.31. The molecular weight excluding hydrogens is 398 g/mol. The fraction of sp³-hybridized carbons (Fsp3) is 0.609. The van der Waals surface area contributed by atoms with Crippen molar-refractivity contribution in [3.63, 3.8) is 0 Å². The monoisotopic (exact) mass is 435 g/mol. The lowest BCUT2D eigenvalue weighted by atomic mass is 10.0. The van der Waals surface area contributed by atoms with Crippen LogP contribution >= 0.6 is 0 Å². The van der Waals surface area contributed by atoms with Crippen molar-refractivity contribution in [1.29, 1.82) is 0 Å². The van der Waals surface area contributed by atoms with Crippen LogP contribution in [-0.2, 0) is 14.3 Å². The molecule has 174 valence electrons. The molecule has 1 unspecified atom stereocenters. The molecule has 0 aromatic heterocycles. The van der Waals surface area contributed by atoms with Gasteiger partial charge in [0.05, 0.1) is 0 Å². The SMILES string of the molecule is CCCCCN(C(=O)CNC(=O)OC(C)(C)C)C(C(=O)NC(C)C)c1ccccc1O. The highest BCUT2D eigenvalue weighted by atomic mass is 16.6. The van der Waals surface area contributed by atoms with E-state index in [-0.39, 0.29) is 18.3 Å². The van der Waals surface area contributed by atoms with Gasteiger partial charge in [0.15, 0.2) is 0 Å². The first kappa shape index (κ1) is 26.3. The molecule has 0 aliphatic rings. The number of hydrogen-bond acceptors (Lipinski definition) is 5. The van der Waals surface area contributed by atoms with Crippen molar-refractivity contribution < 1.29 is 24.2 Å². The fourth-order valence-electron chi connectivity index (χ4n) is 3.03. The molecule has 0 heterocycles. The Hall–Kier alpha value is -2.77. The summed E-state index contributed by atoms with van der Waals surface area (Å²) >= 11 is 0. The van der Waals surface area contributed by atoms with E-state index < -0.39 is 29.6 Å². The molecule has 8 heteroatoms. The Balaban J connectivity index is 3.18. The minimum atomic E-state index is -1.02. The standard InChI is InChI=1S/C23H37N3O5/c1-7-8-11-14-26(19(28)15-24-22(30)31-23(4,5)6)20(21(29)25-16(2)3)17-12-9-10-13-18(17)27/h9-10,12-13,16,20,27H,7-8,11,14-15H2,1-6H3,(H,24,30)(H,25,29). The normalized spacial score (nSPS) is 12.2. The van der Waals surface area contributed by atoms with Crippen LogP contribution in [0.1, 0.15) is 72.4 Å². The zero-order valence-electron chi connectivity index (χ0n) is 19.5. The first-order valence-electron chi connectivity index (χ1n) is 10.8. The summed E-state index contributed by atoms with van der Waals surface area (Å²) in [4.78, 5) is 39.6. The first-order chi connectivity index (χ1) is 14.5. The van der Waals surface area contributed by atoms with Gasteiger partial charge in [-0.05, 0) is 47.1 Å². The molecule has 1 aromatic rings. The van der Waals surface area contributed by atoms with E-state index >= 15 is 0 Å². The number of nitrogens with one attached hydrogen (secondary N) is 2. The smallest absolute Gasteiger partial charge is 0.408 e. The number of nitrogens with zero attached hydrogens (tertiary/aromatic N) is 1. The Kier molecular flexibility index (Phi) is 10.3. The summed E-state index contributed by atoms with van der Waals surface area (Å²) in [7, 11) is 0. The summed E-state index contributed by atoms with van der Waals surface area (Å²) in [6.07, 6.45) is 1.80. The molecule has 0 saturated carbocycles. The van der Waals surface area contributed by atoms with Crippen LogP contribution in [0, 0.1) is 0 Å². The van der Waals surface area contributed by atoms with Crippen molar-refractivity contribution in [2.24, 2.45) is 0 Å². The van der Waals surface area contributed by atoms with Gasteiger partial charge in [-0.25, -0.2) is 4.79 Å². The maximum atomic E-state index is 13.1. The molecule has 3 amide bonds. The molecule has 1 atom stereocenters. The second-order valence-electron chi connectivity index (χ2n) is 8.77. The van der Waals surface area contributed by atoms with E-state index in [4.69, 9.17) is 4.74 Å². The predicted molar refractivity (Wildman–Crippen MR) is 120 cm³/mol. The lowest BCUT2D eigenvalue weighted by molar-refractivity contribution is -0.140. The van der Waals surface area contributed by atoms with Gasteiger partial charge in [-0.2, -0.15) is 0 Å². The molecule has 31 heavy (non-hydrogen) atoms. The van der Waals surface area contributed by atoms with Gasteiger partial charge in [-0.3, -0.25) is 9.59 Å². The number of ether oxygens (including phenoxy) is 1. The van der Waals surface area contributed by atoms with Crippen molar-refractivity contribution >= 4 is 17.9 Å². The predicted octanol–water partition coefficient (Wildman–Crippen LogP) is 3.50. The number of rotatable bonds is 10. The van der Waals surface area contributed by atoms with Gasteiger partial charge >= 0.3 is 6.09 Å². The van der Waals surface area contributed by atoms with E-state index in [2.05, 4.69) is 10.6 Å². The highest BCUT2D eigenvalue weighted by Gasteiger charge is 2.33. The van der Waals surface area contributed by atoms with Crippen LogP contribution in [0.25, 0.3) is 0 Å². The van der Waals surface area contributed by atoms with Crippen LogP contribution in [0.4, 0.5) is 4.79 Å². The molecule has 0 spiro atoms. The number of benzene rings is 1. The van der Waals surface area contributed by atoms with Gasteiger partial charge in [0.1, 0.15) is 23.9 Å².